The van der Waals surface area contributed by atoms with Gasteiger partial charge in [0.2, 0.25) is 0 Å². The summed E-state index contributed by atoms with van der Waals surface area (Å²) in [5, 5.41) is 23.7. The molecular formula is C9H13N3O3. The molecule has 0 spiro atoms. The van der Waals surface area contributed by atoms with Crippen molar-refractivity contribution in [2.45, 2.75) is 12.3 Å². The first kappa shape index (κ1) is 11.4. The molecule has 15 heavy (non-hydrogen) atoms. The lowest BCUT2D eigenvalue weighted by Crippen LogP contribution is -2.11. The van der Waals surface area contributed by atoms with Crippen molar-refractivity contribution in [1.82, 2.24) is 9.78 Å². The third kappa shape index (κ3) is 2.21. The van der Waals surface area contributed by atoms with Gasteiger partial charge in [0.1, 0.15) is 11.9 Å². The summed E-state index contributed by atoms with van der Waals surface area (Å²) < 4.78 is 1.42. The van der Waals surface area contributed by atoms with Gasteiger partial charge in [0.15, 0.2) is 0 Å². The van der Waals surface area contributed by atoms with Crippen molar-refractivity contribution in [2.75, 3.05) is 6.61 Å². The Kier molecular flexibility index (Phi) is 3.56. The maximum Gasteiger partial charge on any atom is 0.310 e. The van der Waals surface area contributed by atoms with Gasteiger partial charge in [0.05, 0.1) is 11.5 Å². The molecule has 6 heteroatoms. The minimum atomic E-state index is -0.492. The molecular weight excluding hydrogens is 198 g/mol. The summed E-state index contributed by atoms with van der Waals surface area (Å²) in [6.45, 7) is 3.39. The van der Waals surface area contributed by atoms with Crippen LogP contribution in [0.25, 0.3) is 0 Å². The summed E-state index contributed by atoms with van der Waals surface area (Å²) in [5.41, 5.74) is 0.376. The maximum atomic E-state index is 10.7. The van der Waals surface area contributed by atoms with E-state index in [4.69, 9.17) is 5.11 Å². The fourth-order valence-electron chi connectivity index (χ4n) is 1.52. The highest BCUT2D eigenvalue weighted by atomic mass is 16.6. The standard InChI is InChI=1S/C9H13N3O3/c1-3-4-7(6-13)9-8(12(14)15)5-10-11(9)2/h3,5,7,13H,1,4,6H2,2H3/t7-/m0/s1. The summed E-state index contributed by atoms with van der Waals surface area (Å²) in [6, 6.07) is 0. The second-order valence-corrected chi connectivity index (χ2v) is 3.20. The van der Waals surface area contributed by atoms with Gasteiger partial charge < -0.3 is 5.11 Å². The van der Waals surface area contributed by atoms with E-state index in [2.05, 4.69) is 11.7 Å². The first-order valence-corrected chi connectivity index (χ1v) is 4.49. The van der Waals surface area contributed by atoms with Gasteiger partial charge in [-0.25, -0.2) is 0 Å². The molecule has 0 aliphatic rings. The van der Waals surface area contributed by atoms with Crippen molar-refractivity contribution in [1.29, 1.82) is 0 Å². The number of hydrogen-bond donors (Lipinski definition) is 1. The average Bonchev–Trinajstić information content (AvgIpc) is 2.57. The van der Waals surface area contributed by atoms with E-state index in [0.29, 0.717) is 12.1 Å². The highest BCUT2D eigenvalue weighted by molar-refractivity contribution is 5.36. The molecule has 0 saturated heterocycles. The number of aliphatic hydroxyl groups is 1. The lowest BCUT2D eigenvalue weighted by atomic mass is 10.0. The molecule has 82 valence electrons. The van der Waals surface area contributed by atoms with Crippen LogP contribution in [0.3, 0.4) is 0 Å². The van der Waals surface area contributed by atoms with E-state index in [1.807, 2.05) is 0 Å². The topological polar surface area (TPSA) is 81.2 Å². The normalized spacial score (nSPS) is 12.4. The zero-order valence-electron chi connectivity index (χ0n) is 8.46. The Morgan fingerprint density at radius 1 is 1.87 bits per heavy atom. The molecule has 6 nitrogen and oxygen atoms in total. The van der Waals surface area contributed by atoms with Gasteiger partial charge in [-0.1, -0.05) is 6.08 Å². The molecule has 0 unspecified atom stereocenters. The third-order valence-electron chi connectivity index (χ3n) is 2.22. The molecule has 0 radical (unpaired) electrons. The van der Waals surface area contributed by atoms with Gasteiger partial charge in [-0.15, -0.1) is 6.58 Å². The maximum absolute atomic E-state index is 10.7. The Morgan fingerprint density at radius 2 is 2.53 bits per heavy atom. The van der Waals surface area contributed by atoms with Crippen LogP contribution in [0.15, 0.2) is 18.9 Å². The van der Waals surface area contributed by atoms with Crippen LogP contribution in [0.4, 0.5) is 5.69 Å². The minimum Gasteiger partial charge on any atom is -0.396 e. The molecule has 1 N–H and O–H groups in total. The molecule has 0 bridgehead atoms. The predicted molar refractivity (Wildman–Crippen MR) is 54.5 cm³/mol. The molecule has 0 aromatic carbocycles. The lowest BCUT2D eigenvalue weighted by Gasteiger charge is -2.11. The SMILES string of the molecule is C=CC[C@@H](CO)c1c([N+](=O)[O-])cnn1C. The van der Waals surface area contributed by atoms with Crippen LogP contribution in [-0.2, 0) is 7.05 Å². The predicted octanol–water partition coefficient (Wildman–Crippen LogP) is 0.980. The highest BCUT2D eigenvalue weighted by Crippen LogP contribution is 2.27. The van der Waals surface area contributed by atoms with Crippen molar-refractivity contribution in [3.8, 4) is 0 Å². The monoisotopic (exact) mass is 211 g/mol. The van der Waals surface area contributed by atoms with Crippen molar-refractivity contribution in [3.63, 3.8) is 0 Å². The van der Waals surface area contributed by atoms with Crippen LogP contribution < -0.4 is 0 Å². The van der Waals surface area contributed by atoms with Crippen LogP contribution in [0.1, 0.15) is 18.0 Å². The smallest absolute Gasteiger partial charge is 0.310 e. The van der Waals surface area contributed by atoms with E-state index in [1.54, 1.807) is 13.1 Å². The van der Waals surface area contributed by atoms with Gasteiger partial charge in [-0.3, -0.25) is 14.8 Å². The first-order valence-electron chi connectivity index (χ1n) is 4.49. The molecule has 0 aliphatic carbocycles. The van der Waals surface area contributed by atoms with Gasteiger partial charge in [0.25, 0.3) is 0 Å². The van der Waals surface area contributed by atoms with Crippen molar-refractivity contribution >= 4 is 5.69 Å². The van der Waals surface area contributed by atoms with Gasteiger partial charge in [-0.2, -0.15) is 5.10 Å². The summed E-state index contributed by atoms with van der Waals surface area (Å²) in [4.78, 5) is 10.2. The second-order valence-electron chi connectivity index (χ2n) is 3.20. The zero-order chi connectivity index (χ0) is 11.4. The summed E-state index contributed by atoms with van der Waals surface area (Å²) in [6.07, 6.45) is 3.30. The summed E-state index contributed by atoms with van der Waals surface area (Å²) in [7, 11) is 1.62. The minimum absolute atomic E-state index is 0.0570. The Morgan fingerprint density at radius 3 is 3.00 bits per heavy atom. The van der Waals surface area contributed by atoms with Crippen LogP contribution in [-0.4, -0.2) is 26.4 Å². The highest BCUT2D eigenvalue weighted by Gasteiger charge is 2.25. The van der Waals surface area contributed by atoms with Gasteiger partial charge in [-0.05, 0) is 6.42 Å². The number of aliphatic hydroxyl groups excluding tert-OH is 1. The van der Waals surface area contributed by atoms with Crippen molar-refractivity contribution < 1.29 is 10.0 Å². The largest absolute Gasteiger partial charge is 0.396 e. The van der Waals surface area contributed by atoms with E-state index in [0.717, 1.165) is 0 Å². The number of nitro groups is 1. The van der Waals surface area contributed by atoms with E-state index in [-0.39, 0.29) is 18.2 Å². The van der Waals surface area contributed by atoms with Crippen LogP contribution in [0.5, 0.6) is 0 Å². The lowest BCUT2D eigenvalue weighted by molar-refractivity contribution is -0.385. The average molecular weight is 211 g/mol. The summed E-state index contributed by atoms with van der Waals surface area (Å²) >= 11 is 0. The molecule has 1 rings (SSSR count). The van der Waals surface area contributed by atoms with Gasteiger partial charge in [0, 0.05) is 13.0 Å². The first-order chi connectivity index (χ1) is 7.11. The number of hydrogen-bond acceptors (Lipinski definition) is 4. The Labute approximate surface area is 87.0 Å². The van der Waals surface area contributed by atoms with E-state index in [1.165, 1.54) is 10.9 Å². The van der Waals surface area contributed by atoms with E-state index < -0.39 is 4.92 Å². The van der Waals surface area contributed by atoms with Crippen molar-refractivity contribution in [2.24, 2.45) is 7.05 Å². The number of rotatable bonds is 5. The number of nitrogens with zero attached hydrogens (tertiary/aromatic N) is 3. The summed E-state index contributed by atoms with van der Waals surface area (Å²) in [5.74, 6) is -0.324. The van der Waals surface area contributed by atoms with Gasteiger partial charge >= 0.3 is 5.69 Å². The number of aryl methyl sites for hydroxylation is 1. The van der Waals surface area contributed by atoms with Crippen LogP contribution in [0, 0.1) is 10.1 Å². The Bertz CT molecular complexity index is 373. The molecule has 0 saturated carbocycles. The second kappa shape index (κ2) is 4.70. The Balaban J connectivity index is 3.13. The molecule has 0 fully saturated rings. The fourth-order valence-corrected chi connectivity index (χ4v) is 1.52. The molecule has 1 aromatic heterocycles. The molecule has 0 amide bonds. The number of allylic oxidation sites excluding steroid dienone is 1. The molecule has 0 aliphatic heterocycles. The van der Waals surface area contributed by atoms with Crippen LogP contribution >= 0.6 is 0 Å². The van der Waals surface area contributed by atoms with E-state index >= 15 is 0 Å². The third-order valence-corrected chi connectivity index (χ3v) is 2.22. The van der Waals surface area contributed by atoms with E-state index in [9.17, 15) is 10.1 Å². The Hall–Kier alpha value is -1.69. The molecule has 1 heterocycles. The van der Waals surface area contributed by atoms with Crippen LogP contribution in [0.2, 0.25) is 0 Å². The molecule has 1 aromatic rings. The quantitative estimate of drug-likeness (QED) is 0.447. The number of aromatic nitrogens is 2. The fraction of sp³-hybridized carbons (Fsp3) is 0.444. The van der Waals surface area contributed by atoms with Crippen molar-refractivity contribution in [3.05, 3.63) is 34.7 Å². The zero-order valence-corrected chi connectivity index (χ0v) is 8.46. The molecule has 1 atom stereocenters.